The molecular formula is C126H82F6N4O3. The van der Waals surface area contributed by atoms with Crippen LogP contribution in [0.5, 0.6) is 23.0 Å². The van der Waals surface area contributed by atoms with Gasteiger partial charge in [0.15, 0.2) is 0 Å². The lowest BCUT2D eigenvalue weighted by molar-refractivity contribution is 0.480. The first-order valence-corrected chi connectivity index (χ1v) is 46.6. The van der Waals surface area contributed by atoms with Crippen LogP contribution in [-0.4, -0.2) is 0 Å². The Morgan fingerprint density at radius 2 is 0.432 bits per heavy atom. The quantitative estimate of drug-likeness (QED) is 0.0627. The molecule has 7 nitrogen and oxygen atoms in total. The van der Waals surface area contributed by atoms with Crippen molar-refractivity contribution in [1.29, 1.82) is 0 Å². The summed E-state index contributed by atoms with van der Waals surface area (Å²) >= 11 is 0. The summed E-state index contributed by atoms with van der Waals surface area (Å²) in [5.74, 6) is 0.854. The molecule has 1 heterocycles. The number of aryl methyl sites for hydroxylation is 4. The maximum Gasteiger partial charge on any atom is 0.137 e. The molecule has 13 heteroatoms. The van der Waals surface area contributed by atoms with Gasteiger partial charge in [0.05, 0.1) is 10.8 Å². The lowest BCUT2D eigenvalue weighted by Crippen LogP contribution is -2.28. The molecule has 0 N–H and O–H groups in total. The first-order chi connectivity index (χ1) is 68.2. The number of anilines is 12. The minimum Gasteiger partial charge on any atom is -0.457 e. The van der Waals surface area contributed by atoms with Crippen molar-refractivity contribution >= 4 is 90.2 Å². The summed E-state index contributed by atoms with van der Waals surface area (Å²) in [5.41, 5.74) is 30.0. The molecule has 139 heavy (non-hydrogen) atoms. The van der Waals surface area contributed by atoms with E-state index in [2.05, 4.69) is 262 Å². The fourth-order valence-electron chi connectivity index (χ4n) is 21.5. The van der Waals surface area contributed by atoms with Crippen molar-refractivity contribution in [2.45, 2.75) is 36.5 Å². The van der Waals surface area contributed by atoms with Crippen LogP contribution in [0.1, 0.15) is 66.8 Å². The van der Waals surface area contributed by atoms with Crippen molar-refractivity contribution in [1.82, 2.24) is 0 Å². The Balaban J connectivity index is 0.505. The van der Waals surface area contributed by atoms with Gasteiger partial charge in [-0.1, -0.05) is 170 Å². The van der Waals surface area contributed by atoms with Crippen LogP contribution >= 0.6 is 0 Å². The normalized spacial score (nSPS) is 14.5. The molecular weight excluding hydrogens is 1730 g/mol. The second kappa shape index (κ2) is 33.9. The lowest BCUT2D eigenvalue weighted by atomic mass is 9.67. The average molecular weight is 1810 g/mol. The summed E-state index contributed by atoms with van der Waals surface area (Å²) in [4.78, 5) is 8.42. The number of furan rings is 1. The molecule has 4 aliphatic rings. The van der Waals surface area contributed by atoms with Gasteiger partial charge in [0, 0.05) is 91.2 Å². The third-order valence-electron chi connectivity index (χ3n) is 28.3. The summed E-state index contributed by atoms with van der Waals surface area (Å²) < 4.78 is 110. The molecule has 2 unspecified atom stereocenters. The monoisotopic (exact) mass is 1810 g/mol. The zero-order valence-electron chi connectivity index (χ0n) is 74.8. The lowest BCUT2D eigenvalue weighted by Gasteiger charge is -2.35. The van der Waals surface area contributed by atoms with Crippen molar-refractivity contribution in [2.75, 3.05) is 19.6 Å². The Morgan fingerprint density at radius 1 is 0.194 bits per heavy atom. The van der Waals surface area contributed by atoms with E-state index in [0.29, 0.717) is 22.7 Å². The second-order valence-corrected chi connectivity index (χ2v) is 36.1. The number of rotatable bonds is 22. The van der Waals surface area contributed by atoms with Gasteiger partial charge in [0.25, 0.3) is 0 Å². The number of ether oxygens (including phenoxy) is 2. The zero-order chi connectivity index (χ0) is 93.1. The van der Waals surface area contributed by atoms with Crippen LogP contribution in [0.15, 0.2) is 453 Å². The number of hydrogen-bond acceptors (Lipinski definition) is 7. The van der Waals surface area contributed by atoms with E-state index in [1.54, 1.807) is 48.5 Å². The van der Waals surface area contributed by atoms with Gasteiger partial charge in [-0.3, -0.25) is 0 Å². The highest BCUT2D eigenvalue weighted by Crippen LogP contribution is 2.61. The maximum atomic E-state index is 15.2. The van der Waals surface area contributed by atoms with E-state index < -0.39 is 10.8 Å². The minimum absolute atomic E-state index is 0.336. The van der Waals surface area contributed by atoms with E-state index in [9.17, 15) is 8.78 Å². The Labute approximate surface area is 799 Å². The molecule has 25 rings (SSSR count). The number of hydrogen-bond donors (Lipinski definition) is 0. The van der Waals surface area contributed by atoms with E-state index in [0.717, 1.165) is 205 Å². The molecule has 0 amide bonds. The van der Waals surface area contributed by atoms with E-state index in [1.165, 1.54) is 95.1 Å². The van der Waals surface area contributed by atoms with Crippen LogP contribution < -0.4 is 29.1 Å². The fraction of sp³-hybridized carbons (Fsp3) is 0.0476. The van der Waals surface area contributed by atoms with Crippen molar-refractivity contribution in [3.05, 3.63) is 551 Å². The SMILES string of the molecule is Fc1ccc(N(c2ccc(-c3ccc(N(c4ccc(F)cc4)c4ccc5c(c4)oc4cc(N(c6ccc(F)cc6)c6ccc(-c7ccc(N(c8ccc(F)cc8)c8ccc9c(c8)C(c8ccc(F)cc8)(c8ccc(Oc%10ccc%11c(c%10)CC%11)cc8)c8ccccc8-9)cc7)cc6)ccc45)cc3)cc2)c2ccc3c(c2)C(c2ccc(F)cc2)(c2ccc(Oc4ccc5c(c4)CC5)cc2)c2ccccc2-3)cc1. The summed E-state index contributed by atoms with van der Waals surface area (Å²) in [5, 5.41) is 1.77. The molecule has 0 bridgehead atoms. The number of fused-ring (bicyclic) bond motifs is 11. The molecule has 1 aromatic heterocycles. The van der Waals surface area contributed by atoms with Gasteiger partial charge < -0.3 is 33.5 Å². The van der Waals surface area contributed by atoms with Crippen molar-refractivity contribution < 1.29 is 40.2 Å². The number of benzene rings is 20. The average Bonchev–Trinajstić information content (AvgIpc) is 1.54. The largest absolute Gasteiger partial charge is 0.457 e. The summed E-state index contributed by atoms with van der Waals surface area (Å²) in [6, 6.07) is 144. The van der Waals surface area contributed by atoms with Gasteiger partial charge >= 0.3 is 0 Å². The van der Waals surface area contributed by atoms with E-state index in [4.69, 9.17) is 13.9 Å². The highest BCUT2D eigenvalue weighted by molar-refractivity contribution is 6.08. The van der Waals surface area contributed by atoms with Crippen LogP contribution in [0.2, 0.25) is 0 Å². The zero-order valence-corrected chi connectivity index (χ0v) is 74.8. The number of nitrogens with zero attached hydrogens (tertiary/aromatic N) is 4. The van der Waals surface area contributed by atoms with Crippen molar-refractivity contribution in [3.8, 4) is 67.5 Å². The van der Waals surface area contributed by atoms with Gasteiger partial charge in [0.2, 0.25) is 0 Å². The van der Waals surface area contributed by atoms with Gasteiger partial charge in [-0.25, -0.2) is 26.3 Å². The van der Waals surface area contributed by atoms with Gasteiger partial charge in [0.1, 0.15) is 69.1 Å². The molecule has 0 saturated carbocycles. The first kappa shape index (κ1) is 83.4. The summed E-state index contributed by atoms with van der Waals surface area (Å²) in [6.45, 7) is 0. The molecule has 4 aliphatic carbocycles. The predicted octanol–water partition coefficient (Wildman–Crippen LogP) is 34.1. The Kier molecular flexibility index (Phi) is 20.3. The Hall–Kier alpha value is -17.4. The number of halogens is 6. The topological polar surface area (TPSA) is 44.6 Å². The molecule has 0 fully saturated rings. The molecule has 666 valence electrons. The van der Waals surface area contributed by atoms with Gasteiger partial charge in [-0.15, -0.1) is 0 Å². The Morgan fingerprint density at radius 3 is 0.719 bits per heavy atom. The molecule has 0 saturated heterocycles. The standard InChI is InChI=1S/C126H82F6N4O3/c127-91-31-23-87(24-32-91)125(89-27-65-109(66-28-89)137-111-63-21-83-9-11-85(83)73-111)119-7-3-1-5-113(119)115-69-59-105(75-121(115)125)133(101-51-35-93(129)36-52-101)97-43-13-79(14-44-97)81-17-47-99(48-18-81)135(103-55-39-95(131)40-56-103)107-61-71-117-118-72-62-108(78-124(118)139-123(117)77-107)136(104-57-41-96(132)42-58-104)100-49-19-82(20-50-100)80-15-45-98(46-16-80)134(102-53-37-94(130)38-54-102)106-60-70-116-114-6-2-4-8-120(114)126(122(116)76-106,88-25-33-92(128)34-26-88)90-29-67-110(68-30-90)138-112-64-22-84-10-12-86(84)74-112/h1-8,13-78H,9-12H2. The molecule has 20 aromatic carbocycles. The highest BCUT2D eigenvalue weighted by Gasteiger charge is 2.49. The molecule has 21 aromatic rings. The van der Waals surface area contributed by atoms with Gasteiger partial charge in [-0.05, 0) is 404 Å². The second-order valence-electron chi connectivity index (χ2n) is 36.1. The van der Waals surface area contributed by atoms with Crippen LogP contribution in [0.25, 0.3) is 66.4 Å². The fourth-order valence-corrected chi connectivity index (χ4v) is 21.5. The van der Waals surface area contributed by atoms with Crippen LogP contribution in [0.3, 0.4) is 0 Å². The molecule has 2 atom stereocenters. The highest BCUT2D eigenvalue weighted by atomic mass is 19.1. The maximum absolute atomic E-state index is 15.2. The summed E-state index contributed by atoms with van der Waals surface area (Å²) in [6.07, 6.45) is 4.25. The van der Waals surface area contributed by atoms with E-state index in [1.807, 2.05) is 84.9 Å². The third-order valence-corrected chi connectivity index (χ3v) is 28.3. The van der Waals surface area contributed by atoms with Crippen LogP contribution in [0, 0.1) is 34.9 Å². The Bertz CT molecular complexity index is 7840. The van der Waals surface area contributed by atoms with E-state index in [-0.39, 0.29) is 34.9 Å². The van der Waals surface area contributed by atoms with Crippen molar-refractivity contribution in [2.24, 2.45) is 0 Å². The summed E-state index contributed by atoms with van der Waals surface area (Å²) in [7, 11) is 0. The van der Waals surface area contributed by atoms with Crippen LogP contribution in [-0.2, 0) is 36.5 Å². The first-order valence-electron chi connectivity index (χ1n) is 46.6. The van der Waals surface area contributed by atoms with E-state index >= 15 is 17.6 Å². The predicted molar refractivity (Wildman–Crippen MR) is 546 cm³/mol. The van der Waals surface area contributed by atoms with Crippen LogP contribution in [0.4, 0.5) is 94.6 Å². The molecule has 0 spiro atoms. The smallest absolute Gasteiger partial charge is 0.137 e. The molecule has 0 aliphatic heterocycles. The van der Waals surface area contributed by atoms with Gasteiger partial charge in [-0.2, -0.15) is 0 Å². The molecule has 0 radical (unpaired) electrons. The minimum atomic E-state index is -0.903. The third kappa shape index (κ3) is 14.6. The van der Waals surface area contributed by atoms with Crippen molar-refractivity contribution in [3.63, 3.8) is 0 Å².